The second kappa shape index (κ2) is 13.1. The molecule has 3 aromatic carbocycles. The number of aryl methyl sites for hydroxylation is 2. The third-order valence-corrected chi connectivity index (χ3v) is 8.51. The van der Waals surface area contributed by atoms with Gasteiger partial charge in [-0.05, 0) is 87.2 Å². The Morgan fingerprint density at radius 1 is 0.923 bits per heavy atom. The number of hydrogen-bond donors (Lipinski definition) is 1. The van der Waals surface area contributed by atoms with E-state index >= 15 is 0 Å². The number of benzene rings is 3. The van der Waals surface area contributed by atoms with Crippen LogP contribution < -0.4 is 9.62 Å². The Morgan fingerprint density at radius 3 is 2.13 bits per heavy atom. The van der Waals surface area contributed by atoms with Crippen LogP contribution in [0.4, 0.5) is 5.69 Å². The van der Waals surface area contributed by atoms with Crippen molar-refractivity contribution in [2.24, 2.45) is 0 Å². The molecule has 3 aromatic rings. The number of hydrogen-bond acceptors (Lipinski definition) is 4. The van der Waals surface area contributed by atoms with Gasteiger partial charge in [0.25, 0.3) is 10.0 Å². The molecule has 9 heteroatoms. The second-order valence-corrected chi connectivity index (χ2v) is 12.1. The van der Waals surface area contributed by atoms with Gasteiger partial charge >= 0.3 is 0 Å². The molecular formula is C30H36ClN3O4S. The molecule has 0 bridgehead atoms. The summed E-state index contributed by atoms with van der Waals surface area (Å²) in [6, 6.07) is 19.4. The average Bonchev–Trinajstić information content (AvgIpc) is 2.90. The summed E-state index contributed by atoms with van der Waals surface area (Å²) in [5.74, 6) is -0.785. The number of nitrogens with zero attached hydrogens (tertiary/aromatic N) is 2. The lowest BCUT2D eigenvalue weighted by atomic mass is 10.1. The maximum atomic E-state index is 14.0. The zero-order valence-corrected chi connectivity index (χ0v) is 24.6. The number of sulfonamides is 1. The number of rotatable bonds is 11. The zero-order chi connectivity index (χ0) is 28.7. The van der Waals surface area contributed by atoms with Crippen LogP contribution in [0.25, 0.3) is 0 Å². The zero-order valence-electron chi connectivity index (χ0n) is 23.0. The monoisotopic (exact) mass is 569 g/mol. The first-order valence-electron chi connectivity index (χ1n) is 12.9. The molecule has 0 aliphatic carbocycles. The van der Waals surface area contributed by atoms with Crippen LogP contribution in [0.2, 0.25) is 5.02 Å². The number of carbonyl (C=O) groups excluding carboxylic acids is 2. The highest BCUT2D eigenvalue weighted by molar-refractivity contribution is 7.92. The Hall–Kier alpha value is -3.36. The minimum absolute atomic E-state index is 0.0740. The van der Waals surface area contributed by atoms with Crippen LogP contribution in [0, 0.1) is 13.8 Å². The van der Waals surface area contributed by atoms with Crippen LogP contribution in [0.15, 0.2) is 77.7 Å². The smallest absolute Gasteiger partial charge is 0.264 e. The van der Waals surface area contributed by atoms with Gasteiger partial charge in [-0.3, -0.25) is 13.9 Å². The molecule has 7 nitrogen and oxygen atoms in total. The molecule has 0 aliphatic heterocycles. The first kappa shape index (κ1) is 30.2. The van der Waals surface area contributed by atoms with Gasteiger partial charge in [-0.2, -0.15) is 0 Å². The third kappa shape index (κ3) is 7.61. The van der Waals surface area contributed by atoms with Gasteiger partial charge in [0.05, 0.1) is 10.6 Å². The van der Waals surface area contributed by atoms with Gasteiger partial charge in [-0.25, -0.2) is 8.42 Å². The first-order chi connectivity index (χ1) is 18.4. The van der Waals surface area contributed by atoms with Crippen molar-refractivity contribution in [2.75, 3.05) is 10.8 Å². The quantitative estimate of drug-likeness (QED) is 0.331. The largest absolute Gasteiger partial charge is 0.352 e. The summed E-state index contributed by atoms with van der Waals surface area (Å²) >= 11 is 6.06. The van der Waals surface area contributed by atoms with E-state index in [0.717, 1.165) is 21.0 Å². The molecule has 0 aliphatic rings. The molecule has 208 valence electrons. The lowest BCUT2D eigenvalue weighted by Gasteiger charge is -2.33. The van der Waals surface area contributed by atoms with Crippen molar-refractivity contribution >= 4 is 39.1 Å². The minimum Gasteiger partial charge on any atom is -0.352 e. The van der Waals surface area contributed by atoms with E-state index in [2.05, 4.69) is 5.32 Å². The number of halogens is 1. The van der Waals surface area contributed by atoms with Crippen molar-refractivity contribution in [3.8, 4) is 0 Å². The van der Waals surface area contributed by atoms with E-state index in [1.54, 1.807) is 54.6 Å². The molecule has 39 heavy (non-hydrogen) atoms. The summed E-state index contributed by atoms with van der Waals surface area (Å²) in [7, 11) is -4.09. The Balaban J connectivity index is 2.07. The predicted molar refractivity (Wildman–Crippen MR) is 156 cm³/mol. The lowest BCUT2D eigenvalue weighted by molar-refractivity contribution is -0.140. The molecule has 3 rings (SSSR count). The number of nitrogens with one attached hydrogen (secondary N) is 1. The van der Waals surface area contributed by atoms with Gasteiger partial charge in [0, 0.05) is 17.6 Å². The van der Waals surface area contributed by atoms with Gasteiger partial charge in [0.15, 0.2) is 0 Å². The molecule has 2 amide bonds. The van der Waals surface area contributed by atoms with Crippen molar-refractivity contribution in [1.29, 1.82) is 0 Å². The summed E-state index contributed by atoms with van der Waals surface area (Å²) in [4.78, 5) is 28.7. The number of amides is 2. The van der Waals surface area contributed by atoms with Crippen molar-refractivity contribution in [1.82, 2.24) is 10.2 Å². The molecule has 0 heterocycles. The minimum atomic E-state index is -4.09. The fraction of sp³-hybridized carbons (Fsp3) is 0.333. The molecule has 0 unspecified atom stereocenters. The van der Waals surface area contributed by atoms with E-state index in [-0.39, 0.29) is 23.4 Å². The van der Waals surface area contributed by atoms with Crippen LogP contribution in [0.5, 0.6) is 0 Å². The molecule has 0 fully saturated rings. The van der Waals surface area contributed by atoms with Crippen molar-refractivity contribution in [2.45, 2.75) is 64.6 Å². The number of carbonyl (C=O) groups is 2. The molecule has 0 saturated carbocycles. The van der Waals surface area contributed by atoms with Gasteiger partial charge in [0.1, 0.15) is 12.6 Å². The van der Waals surface area contributed by atoms with Crippen molar-refractivity contribution < 1.29 is 18.0 Å². The van der Waals surface area contributed by atoms with Gasteiger partial charge in [-0.1, -0.05) is 54.9 Å². The van der Waals surface area contributed by atoms with Crippen LogP contribution in [0.3, 0.4) is 0 Å². The second-order valence-electron chi connectivity index (χ2n) is 9.83. The van der Waals surface area contributed by atoms with Crippen molar-refractivity contribution in [3.63, 3.8) is 0 Å². The van der Waals surface area contributed by atoms with E-state index in [4.69, 9.17) is 11.6 Å². The van der Waals surface area contributed by atoms with E-state index in [9.17, 15) is 18.0 Å². The van der Waals surface area contributed by atoms with E-state index in [0.29, 0.717) is 17.1 Å². The van der Waals surface area contributed by atoms with Crippen LogP contribution in [-0.4, -0.2) is 43.8 Å². The standard InChI is InChI=1S/C30H36ClN3O4S/c1-6-28(30(36)32-21(2)3)33(19-24-13-15-25(31)16-14-24)29(35)20-34(26-17-12-22(4)23(5)18-26)39(37,38)27-10-8-7-9-11-27/h7-18,21,28H,6,19-20H2,1-5H3,(H,32,36)/t28-/m0/s1. The fourth-order valence-corrected chi connectivity index (χ4v) is 5.77. The summed E-state index contributed by atoms with van der Waals surface area (Å²) in [6.07, 6.45) is 0.354. The van der Waals surface area contributed by atoms with Crippen LogP contribution >= 0.6 is 11.6 Å². The highest BCUT2D eigenvalue weighted by atomic mass is 35.5. The molecule has 0 radical (unpaired) electrons. The van der Waals surface area contributed by atoms with Gasteiger partial charge in [0.2, 0.25) is 11.8 Å². The topological polar surface area (TPSA) is 86.8 Å². The highest BCUT2D eigenvalue weighted by Gasteiger charge is 2.33. The summed E-state index contributed by atoms with van der Waals surface area (Å²) in [6.45, 7) is 9.00. The molecular weight excluding hydrogens is 534 g/mol. The Morgan fingerprint density at radius 2 is 1.56 bits per heavy atom. The van der Waals surface area contributed by atoms with Gasteiger partial charge in [-0.15, -0.1) is 0 Å². The lowest BCUT2D eigenvalue weighted by Crippen LogP contribution is -2.53. The van der Waals surface area contributed by atoms with Crippen molar-refractivity contribution in [3.05, 3.63) is 94.5 Å². The van der Waals surface area contributed by atoms with E-state index in [1.165, 1.54) is 17.0 Å². The molecule has 0 saturated heterocycles. The first-order valence-corrected chi connectivity index (χ1v) is 14.7. The molecule has 0 aromatic heterocycles. The third-order valence-electron chi connectivity index (χ3n) is 6.47. The maximum Gasteiger partial charge on any atom is 0.264 e. The Labute approximate surface area is 236 Å². The van der Waals surface area contributed by atoms with Crippen LogP contribution in [-0.2, 0) is 26.2 Å². The summed E-state index contributed by atoms with van der Waals surface area (Å²) in [5.41, 5.74) is 3.05. The number of anilines is 1. The SMILES string of the molecule is CC[C@@H](C(=O)NC(C)C)N(Cc1ccc(Cl)cc1)C(=O)CN(c1ccc(C)c(C)c1)S(=O)(=O)c1ccccc1. The summed E-state index contributed by atoms with van der Waals surface area (Å²) in [5, 5.41) is 3.44. The van der Waals surface area contributed by atoms with E-state index in [1.807, 2.05) is 40.7 Å². The maximum absolute atomic E-state index is 14.0. The molecule has 0 spiro atoms. The van der Waals surface area contributed by atoms with Crippen LogP contribution in [0.1, 0.15) is 43.9 Å². The molecule has 1 N–H and O–H groups in total. The Kier molecular flexibility index (Phi) is 10.2. The highest BCUT2D eigenvalue weighted by Crippen LogP contribution is 2.27. The summed E-state index contributed by atoms with van der Waals surface area (Å²) < 4.78 is 28.8. The predicted octanol–water partition coefficient (Wildman–Crippen LogP) is 5.48. The van der Waals surface area contributed by atoms with E-state index < -0.39 is 28.5 Å². The molecule has 1 atom stereocenters. The Bertz CT molecular complexity index is 1390. The van der Waals surface area contributed by atoms with Gasteiger partial charge < -0.3 is 10.2 Å². The normalized spacial score (nSPS) is 12.2. The average molecular weight is 570 g/mol. The fourth-order valence-electron chi connectivity index (χ4n) is 4.22.